The van der Waals surface area contributed by atoms with Gasteiger partial charge in [0.25, 0.3) is 0 Å². The smallest absolute Gasteiger partial charge is 0.231 e. The van der Waals surface area contributed by atoms with Crippen molar-refractivity contribution < 1.29 is 9.21 Å². The Kier molecular flexibility index (Phi) is 4.99. The monoisotopic (exact) mass is 319 g/mol. The zero-order valence-corrected chi connectivity index (χ0v) is 13.1. The third kappa shape index (κ3) is 3.57. The second-order valence-electron chi connectivity index (χ2n) is 5.56. The first kappa shape index (κ1) is 15.6. The number of unbranched alkanes of at least 4 members (excludes halogenated alkanes) is 1. The topological polar surface area (TPSA) is 101 Å². The number of hydrogen-bond donors (Lipinski definition) is 2. The molecule has 0 saturated carbocycles. The van der Waals surface area contributed by atoms with E-state index in [0.717, 1.165) is 18.6 Å². The van der Waals surface area contributed by atoms with Gasteiger partial charge in [-0.15, -0.1) is 5.10 Å². The fourth-order valence-corrected chi connectivity index (χ4v) is 2.70. The van der Waals surface area contributed by atoms with Crippen LogP contribution in [-0.4, -0.2) is 44.1 Å². The highest BCUT2D eigenvalue weighted by atomic mass is 16.3. The Morgan fingerprint density at radius 3 is 3.17 bits per heavy atom. The number of carbonyl (C=O) groups excluding carboxylic acids is 1. The summed E-state index contributed by atoms with van der Waals surface area (Å²) in [6, 6.07) is 3.72. The number of nitrogens with one attached hydrogen (secondary N) is 2. The molecule has 1 amide bonds. The van der Waals surface area contributed by atoms with Gasteiger partial charge in [0.05, 0.1) is 18.7 Å². The van der Waals surface area contributed by atoms with Gasteiger partial charge in [-0.05, 0) is 29.0 Å². The van der Waals surface area contributed by atoms with Crippen LogP contribution < -0.4 is 10.9 Å². The van der Waals surface area contributed by atoms with E-state index in [1.807, 2.05) is 17.0 Å². The quantitative estimate of drug-likeness (QED) is 0.757. The van der Waals surface area contributed by atoms with Crippen LogP contribution in [0.5, 0.6) is 0 Å². The number of hydrogen-bond acceptors (Lipinski definition) is 7. The Morgan fingerprint density at radius 1 is 1.57 bits per heavy atom. The molecule has 1 fully saturated rings. The molecule has 2 N–H and O–H groups in total. The fourth-order valence-electron chi connectivity index (χ4n) is 2.70. The van der Waals surface area contributed by atoms with Crippen LogP contribution in [0, 0.1) is 5.92 Å². The third-order valence-electron chi connectivity index (χ3n) is 3.94. The van der Waals surface area contributed by atoms with E-state index in [9.17, 15) is 4.79 Å². The predicted molar refractivity (Wildman–Crippen MR) is 80.5 cm³/mol. The number of rotatable bonds is 7. The van der Waals surface area contributed by atoms with Crippen LogP contribution in [0.25, 0.3) is 0 Å². The van der Waals surface area contributed by atoms with Crippen molar-refractivity contribution >= 4 is 5.91 Å². The zero-order chi connectivity index (χ0) is 16.1. The Labute approximate surface area is 134 Å². The molecule has 0 radical (unpaired) electrons. The average molecular weight is 319 g/mol. The number of carbonyl (C=O) groups is 1. The van der Waals surface area contributed by atoms with Gasteiger partial charge in [0.1, 0.15) is 18.3 Å². The predicted octanol–water partition coefficient (Wildman–Crippen LogP) is 0.318. The van der Waals surface area contributed by atoms with Crippen molar-refractivity contribution in [2.24, 2.45) is 5.92 Å². The minimum atomic E-state index is -0.293. The van der Waals surface area contributed by atoms with Crippen molar-refractivity contribution in [3.05, 3.63) is 30.5 Å². The molecule has 2 unspecified atom stereocenters. The van der Waals surface area contributed by atoms with Gasteiger partial charge in [0.2, 0.25) is 5.91 Å². The van der Waals surface area contributed by atoms with Crippen LogP contribution >= 0.6 is 0 Å². The molecule has 1 saturated heterocycles. The molecule has 1 aliphatic heterocycles. The number of nitrogens with zero attached hydrogens (tertiary/aromatic N) is 5. The Morgan fingerprint density at radius 2 is 2.48 bits per heavy atom. The summed E-state index contributed by atoms with van der Waals surface area (Å²) in [4.78, 5) is 14.9. The summed E-state index contributed by atoms with van der Waals surface area (Å²) in [5, 5.41) is 11.2. The van der Waals surface area contributed by atoms with Gasteiger partial charge in [0.15, 0.2) is 0 Å². The standard InChI is InChI=1S/C14H21N7O2/c1-2-3-6-20(9-11-5-4-7-23-11)14(22)12-8-15-17-13(12)21-10-16-18-19-21/h4-5,7,10,12-13,15,17H,2-3,6,8-9H2,1H3. The van der Waals surface area contributed by atoms with Gasteiger partial charge in [-0.3, -0.25) is 10.2 Å². The van der Waals surface area contributed by atoms with Crippen molar-refractivity contribution in [1.29, 1.82) is 0 Å². The number of aromatic nitrogens is 4. The molecule has 9 nitrogen and oxygen atoms in total. The first-order valence-electron chi connectivity index (χ1n) is 7.81. The molecule has 0 aliphatic carbocycles. The fraction of sp³-hybridized carbons (Fsp3) is 0.571. The van der Waals surface area contributed by atoms with Crippen molar-refractivity contribution in [3.8, 4) is 0 Å². The van der Waals surface area contributed by atoms with E-state index >= 15 is 0 Å². The average Bonchev–Trinajstić information content (AvgIpc) is 3.32. The molecule has 2 atom stereocenters. The van der Waals surface area contributed by atoms with E-state index in [-0.39, 0.29) is 18.0 Å². The van der Waals surface area contributed by atoms with Crippen LogP contribution in [-0.2, 0) is 11.3 Å². The SMILES string of the molecule is CCCCN(Cc1ccco1)C(=O)C1CNNC1n1cnnn1. The molecular formula is C14H21N7O2. The summed E-state index contributed by atoms with van der Waals surface area (Å²) < 4.78 is 6.96. The van der Waals surface area contributed by atoms with Gasteiger partial charge < -0.3 is 9.32 Å². The van der Waals surface area contributed by atoms with Crippen LogP contribution in [0.3, 0.4) is 0 Å². The summed E-state index contributed by atoms with van der Waals surface area (Å²) in [7, 11) is 0. The highest BCUT2D eigenvalue weighted by Gasteiger charge is 2.37. The highest BCUT2D eigenvalue weighted by molar-refractivity contribution is 5.79. The van der Waals surface area contributed by atoms with Crippen molar-refractivity contribution in [1.82, 2.24) is 36.0 Å². The van der Waals surface area contributed by atoms with Gasteiger partial charge >= 0.3 is 0 Å². The lowest BCUT2D eigenvalue weighted by Gasteiger charge is -2.26. The maximum Gasteiger partial charge on any atom is 0.231 e. The Bertz CT molecular complexity index is 599. The molecule has 23 heavy (non-hydrogen) atoms. The Hall–Kier alpha value is -2.26. The first-order chi connectivity index (χ1) is 11.3. The molecule has 9 heteroatoms. The summed E-state index contributed by atoms with van der Waals surface area (Å²) >= 11 is 0. The van der Waals surface area contributed by atoms with E-state index < -0.39 is 0 Å². The van der Waals surface area contributed by atoms with E-state index in [1.54, 1.807) is 10.9 Å². The Balaban J connectivity index is 1.73. The largest absolute Gasteiger partial charge is 0.467 e. The molecule has 3 heterocycles. The normalized spacial score (nSPS) is 20.7. The maximum absolute atomic E-state index is 13.0. The summed E-state index contributed by atoms with van der Waals surface area (Å²) in [5.41, 5.74) is 6.08. The minimum Gasteiger partial charge on any atom is -0.467 e. The van der Waals surface area contributed by atoms with E-state index in [1.165, 1.54) is 6.33 Å². The second-order valence-corrected chi connectivity index (χ2v) is 5.56. The van der Waals surface area contributed by atoms with Crippen LogP contribution in [0.2, 0.25) is 0 Å². The first-order valence-corrected chi connectivity index (χ1v) is 7.81. The molecule has 0 aromatic carbocycles. The zero-order valence-electron chi connectivity index (χ0n) is 13.1. The molecular weight excluding hydrogens is 298 g/mol. The van der Waals surface area contributed by atoms with Gasteiger partial charge in [-0.1, -0.05) is 13.3 Å². The van der Waals surface area contributed by atoms with E-state index in [4.69, 9.17) is 4.42 Å². The third-order valence-corrected chi connectivity index (χ3v) is 3.94. The molecule has 3 rings (SSSR count). The van der Waals surface area contributed by atoms with Crippen molar-refractivity contribution in [2.75, 3.05) is 13.1 Å². The number of hydrazine groups is 1. The number of amides is 1. The minimum absolute atomic E-state index is 0.0628. The van der Waals surface area contributed by atoms with Gasteiger partial charge in [0, 0.05) is 13.1 Å². The summed E-state index contributed by atoms with van der Waals surface area (Å²) in [5.74, 6) is 0.575. The van der Waals surface area contributed by atoms with Gasteiger partial charge in [-0.25, -0.2) is 10.1 Å². The lowest BCUT2D eigenvalue weighted by molar-refractivity contribution is -0.137. The lowest BCUT2D eigenvalue weighted by atomic mass is 10.1. The summed E-state index contributed by atoms with van der Waals surface area (Å²) in [6.45, 7) is 3.82. The number of furan rings is 1. The van der Waals surface area contributed by atoms with Crippen molar-refractivity contribution in [3.63, 3.8) is 0 Å². The molecule has 124 valence electrons. The summed E-state index contributed by atoms with van der Waals surface area (Å²) in [6.07, 6.45) is 4.82. The molecule has 1 aliphatic rings. The second kappa shape index (κ2) is 7.34. The van der Waals surface area contributed by atoms with Crippen LogP contribution in [0.4, 0.5) is 0 Å². The van der Waals surface area contributed by atoms with Crippen molar-refractivity contribution in [2.45, 2.75) is 32.5 Å². The maximum atomic E-state index is 13.0. The molecule has 2 aromatic heterocycles. The van der Waals surface area contributed by atoms with Crippen LogP contribution in [0.1, 0.15) is 31.7 Å². The molecule has 0 bridgehead atoms. The van der Waals surface area contributed by atoms with E-state index in [2.05, 4.69) is 33.3 Å². The lowest BCUT2D eigenvalue weighted by Crippen LogP contribution is -2.41. The molecule has 2 aromatic rings. The van der Waals surface area contributed by atoms with Gasteiger partial charge in [-0.2, -0.15) is 0 Å². The van der Waals surface area contributed by atoms with Crippen LogP contribution in [0.15, 0.2) is 29.1 Å². The molecule has 0 spiro atoms. The number of tetrazole rings is 1. The highest BCUT2D eigenvalue weighted by Crippen LogP contribution is 2.21. The van der Waals surface area contributed by atoms with E-state index in [0.29, 0.717) is 19.6 Å².